The van der Waals surface area contributed by atoms with Crippen molar-refractivity contribution in [3.05, 3.63) is 58.4 Å². The summed E-state index contributed by atoms with van der Waals surface area (Å²) in [4.78, 5) is 25.2. The molecule has 10 heteroatoms. The molecule has 3 saturated carbocycles. The molecular weight excluding hydrogens is 473 g/mol. The van der Waals surface area contributed by atoms with Gasteiger partial charge in [0, 0.05) is 24.6 Å². The minimum absolute atomic E-state index is 0.0220. The van der Waals surface area contributed by atoms with Crippen LogP contribution in [0, 0.1) is 35.2 Å². The highest BCUT2D eigenvalue weighted by Gasteiger charge is 2.48. The van der Waals surface area contributed by atoms with Gasteiger partial charge in [-0.05, 0) is 60.9 Å². The highest BCUT2D eigenvalue weighted by atomic mass is 35.5. The molecule has 0 radical (unpaired) electrons. The van der Waals surface area contributed by atoms with Gasteiger partial charge in [-0.15, -0.1) is 0 Å². The second kappa shape index (κ2) is 10.1. The fourth-order valence-electron chi connectivity index (χ4n) is 4.72. The van der Waals surface area contributed by atoms with Gasteiger partial charge in [-0.1, -0.05) is 11.6 Å². The fourth-order valence-corrected chi connectivity index (χ4v) is 4.83. The molecule has 1 unspecified atom stereocenters. The highest BCUT2D eigenvalue weighted by molar-refractivity contribution is 6.30. The number of carbonyl (C=O) groups is 2. The number of benzene rings is 2. The van der Waals surface area contributed by atoms with Crippen molar-refractivity contribution in [3.8, 4) is 11.5 Å². The predicted molar refractivity (Wildman–Crippen MR) is 118 cm³/mol. The van der Waals surface area contributed by atoms with E-state index < -0.39 is 23.2 Å². The number of rotatable bonds is 8. The Morgan fingerprint density at radius 2 is 1.74 bits per heavy atom. The van der Waals surface area contributed by atoms with Gasteiger partial charge in [-0.25, -0.2) is 13.2 Å². The molecule has 2 bridgehead atoms. The second-order valence-corrected chi connectivity index (χ2v) is 9.09. The predicted octanol–water partition coefficient (Wildman–Crippen LogP) is 3.99. The number of hydrogen-bond donors (Lipinski definition) is 2. The van der Waals surface area contributed by atoms with Gasteiger partial charge in [0.2, 0.25) is 5.91 Å². The number of halogens is 4. The van der Waals surface area contributed by atoms with Crippen molar-refractivity contribution < 1.29 is 32.2 Å². The second-order valence-electron chi connectivity index (χ2n) is 8.68. The highest BCUT2D eigenvalue weighted by Crippen LogP contribution is 2.49. The molecule has 2 N–H and O–H groups in total. The van der Waals surface area contributed by atoms with Gasteiger partial charge >= 0.3 is 0 Å². The molecule has 0 saturated heterocycles. The van der Waals surface area contributed by atoms with Crippen LogP contribution in [0.15, 0.2) is 30.3 Å². The van der Waals surface area contributed by atoms with E-state index in [1.165, 1.54) is 19.2 Å². The van der Waals surface area contributed by atoms with E-state index >= 15 is 0 Å². The summed E-state index contributed by atoms with van der Waals surface area (Å²) >= 11 is 5.63. The van der Waals surface area contributed by atoms with Gasteiger partial charge in [-0.2, -0.15) is 0 Å². The molecule has 3 aliphatic carbocycles. The van der Waals surface area contributed by atoms with E-state index in [1.807, 2.05) is 0 Å². The lowest BCUT2D eigenvalue weighted by molar-refractivity contribution is -0.136. The van der Waals surface area contributed by atoms with E-state index in [-0.39, 0.29) is 65.1 Å². The van der Waals surface area contributed by atoms with Crippen LogP contribution in [0.5, 0.6) is 11.5 Å². The fraction of sp³-hybridized carbons (Fsp3) is 0.417. The summed E-state index contributed by atoms with van der Waals surface area (Å²) in [6.07, 6.45) is 2.10. The van der Waals surface area contributed by atoms with Gasteiger partial charge in [-0.3, -0.25) is 9.59 Å². The molecule has 2 aromatic carbocycles. The van der Waals surface area contributed by atoms with Crippen molar-refractivity contribution in [3.63, 3.8) is 0 Å². The number of amides is 2. The van der Waals surface area contributed by atoms with Gasteiger partial charge in [0.25, 0.3) is 5.91 Å². The van der Waals surface area contributed by atoms with E-state index in [9.17, 15) is 22.8 Å². The summed E-state index contributed by atoms with van der Waals surface area (Å²) in [5, 5.41) is 5.62. The first-order chi connectivity index (χ1) is 16.2. The molecule has 3 fully saturated rings. The van der Waals surface area contributed by atoms with Crippen LogP contribution >= 0.6 is 11.6 Å². The quantitative estimate of drug-likeness (QED) is 0.579. The van der Waals surface area contributed by atoms with E-state index in [1.54, 1.807) is 0 Å². The molecular formula is C24H24ClF3N2O4. The Labute approximate surface area is 199 Å². The normalized spacial score (nSPS) is 23.0. The SMILES string of the molecule is COc1c(F)cc(CNC(=O)C2C[C@H](NC(=O)COc3ccc(Cl)c(F)c3)C3CC2C3)cc1F. The van der Waals surface area contributed by atoms with Crippen LogP contribution in [0.4, 0.5) is 13.2 Å². The molecule has 0 heterocycles. The van der Waals surface area contributed by atoms with Crippen LogP contribution in [0.25, 0.3) is 0 Å². The number of hydrogen-bond acceptors (Lipinski definition) is 4. The van der Waals surface area contributed by atoms with Gasteiger partial charge in [0.15, 0.2) is 24.0 Å². The molecule has 2 amide bonds. The summed E-state index contributed by atoms with van der Waals surface area (Å²) in [5.74, 6) is -2.97. The standard InChI is InChI=1S/C24H24ClF3N2O4/c1-33-23-19(27)4-12(5-20(23)28)10-29-24(32)16-9-21(14-6-13(16)7-14)30-22(31)11-34-15-2-3-17(25)18(26)8-15/h2-5,8,13-14,16,21H,6-7,9-11H2,1H3,(H,29,32)(H,30,31)/t13?,14?,16?,21-/m0/s1. The van der Waals surface area contributed by atoms with Crippen LogP contribution in [-0.4, -0.2) is 31.6 Å². The first-order valence-corrected chi connectivity index (χ1v) is 11.3. The van der Waals surface area contributed by atoms with Gasteiger partial charge in [0.05, 0.1) is 12.1 Å². The molecule has 0 aromatic heterocycles. The number of carbonyl (C=O) groups excluding carboxylic acids is 2. The molecule has 0 spiro atoms. The monoisotopic (exact) mass is 496 g/mol. The maximum Gasteiger partial charge on any atom is 0.258 e. The van der Waals surface area contributed by atoms with Gasteiger partial charge in [0.1, 0.15) is 11.6 Å². The van der Waals surface area contributed by atoms with Crippen molar-refractivity contribution >= 4 is 23.4 Å². The Morgan fingerprint density at radius 1 is 1.03 bits per heavy atom. The average Bonchev–Trinajstić information content (AvgIpc) is 2.77. The first-order valence-electron chi connectivity index (χ1n) is 10.9. The van der Waals surface area contributed by atoms with Crippen LogP contribution in [-0.2, 0) is 16.1 Å². The molecule has 2 atom stereocenters. The first kappa shape index (κ1) is 24.2. The summed E-state index contributed by atoms with van der Waals surface area (Å²) in [6.45, 7) is -0.314. The summed E-state index contributed by atoms with van der Waals surface area (Å²) < 4.78 is 51.3. The molecule has 2 aromatic rings. The minimum Gasteiger partial charge on any atom is -0.491 e. The third-order valence-corrected chi connectivity index (χ3v) is 6.84. The molecule has 3 aliphatic rings. The average molecular weight is 497 g/mol. The zero-order chi connectivity index (χ0) is 24.4. The van der Waals surface area contributed by atoms with Crippen molar-refractivity contribution in [2.75, 3.05) is 13.7 Å². The Morgan fingerprint density at radius 3 is 2.38 bits per heavy atom. The Kier molecular flexibility index (Phi) is 7.21. The van der Waals surface area contributed by atoms with Crippen molar-refractivity contribution in [2.24, 2.45) is 17.8 Å². The van der Waals surface area contributed by atoms with Crippen LogP contribution in [0.1, 0.15) is 24.8 Å². The number of fused-ring (bicyclic) bond motifs is 2. The lowest BCUT2D eigenvalue weighted by Gasteiger charge is -2.50. The minimum atomic E-state index is -0.836. The van der Waals surface area contributed by atoms with Crippen molar-refractivity contribution in [2.45, 2.75) is 31.8 Å². The van der Waals surface area contributed by atoms with Crippen molar-refractivity contribution in [1.82, 2.24) is 10.6 Å². The van der Waals surface area contributed by atoms with Crippen LogP contribution < -0.4 is 20.1 Å². The Bertz CT molecular complexity index is 1070. The van der Waals surface area contributed by atoms with Crippen LogP contribution in [0.2, 0.25) is 5.02 Å². The topological polar surface area (TPSA) is 76.7 Å². The lowest BCUT2D eigenvalue weighted by Crippen LogP contribution is -2.56. The number of methoxy groups -OCH3 is 1. The summed E-state index contributed by atoms with van der Waals surface area (Å²) in [5.41, 5.74) is 0.284. The molecule has 182 valence electrons. The third-order valence-electron chi connectivity index (χ3n) is 6.53. The van der Waals surface area contributed by atoms with E-state index in [0.717, 1.165) is 31.0 Å². The molecule has 0 aliphatic heterocycles. The summed E-state index contributed by atoms with van der Waals surface area (Å²) in [6, 6.07) is 5.98. The maximum absolute atomic E-state index is 13.9. The molecule has 6 nitrogen and oxygen atoms in total. The van der Waals surface area contributed by atoms with E-state index in [0.29, 0.717) is 6.42 Å². The third kappa shape index (κ3) is 5.24. The Hall–Kier alpha value is -2.94. The van der Waals surface area contributed by atoms with E-state index in [4.69, 9.17) is 16.3 Å². The Balaban J connectivity index is 1.28. The van der Waals surface area contributed by atoms with E-state index in [2.05, 4.69) is 15.4 Å². The molecule has 5 rings (SSSR count). The van der Waals surface area contributed by atoms with Gasteiger partial charge < -0.3 is 20.1 Å². The molecule has 34 heavy (non-hydrogen) atoms. The zero-order valence-electron chi connectivity index (χ0n) is 18.4. The largest absolute Gasteiger partial charge is 0.491 e. The summed E-state index contributed by atoms with van der Waals surface area (Å²) in [7, 11) is 1.18. The number of nitrogens with one attached hydrogen (secondary N) is 2. The zero-order valence-corrected chi connectivity index (χ0v) is 19.1. The smallest absolute Gasteiger partial charge is 0.258 e. The van der Waals surface area contributed by atoms with Crippen molar-refractivity contribution in [1.29, 1.82) is 0 Å². The lowest BCUT2D eigenvalue weighted by atomic mass is 9.57. The number of ether oxygens (including phenoxy) is 2. The van der Waals surface area contributed by atoms with Crippen LogP contribution in [0.3, 0.4) is 0 Å². The maximum atomic E-state index is 13.9.